The Labute approximate surface area is 188 Å². The Hall–Kier alpha value is -2.65. The molecule has 3 unspecified atom stereocenters. The Morgan fingerprint density at radius 1 is 1.12 bits per heavy atom. The first-order valence-electron chi connectivity index (χ1n) is 10.5. The topological polar surface area (TPSA) is 95.0 Å². The second-order valence-corrected chi connectivity index (χ2v) is 11.3. The molecular formula is C23H28N2O6S. The van der Waals surface area contributed by atoms with E-state index < -0.39 is 15.4 Å². The predicted octanol–water partition coefficient (Wildman–Crippen LogP) is 3.17. The van der Waals surface area contributed by atoms with E-state index in [1.807, 2.05) is 32.9 Å². The van der Waals surface area contributed by atoms with Crippen LogP contribution in [0.25, 0.3) is 11.3 Å². The molecule has 2 aliphatic rings. The summed E-state index contributed by atoms with van der Waals surface area (Å²) >= 11 is 0. The summed E-state index contributed by atoms with van der Waals surface area (Å²) in [5, 5.41) is 0. The zero-order chi connectivity index (χ0) is 23.1. The number of carbonyl (C=O) groups excluding carboxylic acids is 1. The largest absolute Gasteiger partial charge is 0.486 e. The van der Waals surface area contributed by atoms with Gasteiger partial charge in [-0.1, -0.05) is 12.1 Å². The molecule has 2 aromatic rings. The molecule has 8 nitrogen and oxygen atoms in total. The number of benzene rings is 1. The second kappa shape index (κ2) is 8.37. The lowest BCUT2D eigenvalue weighted by Gasteiger charge is -2.36. The van der Waals surface area contributed by atoms with Crippen molar-refractivity contribution in [3.05, 3.63) is 42.6 Å². The normalized spacial score (nSPS) is 23.1. The number of nitrogens with zero attached hydrogens (tertiary/aromatic N) is 2. The highest BCUT2D eigenvalue weighted by Crippen LogP contribution is 2.32. The minimum atomic E-state index is -3.23. The van der Waals surface area contributed by atoms with Crippen LogP contribution in [0.1, 0.15) is 20.8 Å². The molecule has 2 bridgehead atoms. The van der Waals surface area contributed by atoms with Crippen molar-refractivity contribution in [1.82, 2.24) is 9.88 Å². The standard InChI is InChI=1S/C23H28N2O6S/c1-23(2,3)31-22(26)25-12-16-14-29-20(13-25)21(16)30-17-7-10-19(24-11-17)15-5-8-18(9-6-15)32(4,27)28/h5-11,16,20-21H,12-14H2,1-4H3. The quantitative estimate of drug-likeness (QED) is 0.692. The average molecular weight is 461 g/mol. The van der Waals surface area contributed by atoms with E-state index in [0.29, 0.717) is 25.4 Å². The van der Waals surface area contributed by atoms with E-state index in [0.717, 1.165) is 11.3 Å². The van der Waals surface area contributed by atoms with E-state index in [4.69, 9.17) is 14.2 Å². The number of piperidine rings is 1. The number of hydrogen-bond acceptors (Lipinski definition) is 7. The Balaban J connectivity index is 1.40. The number of hydrogen-bond donors (Lipinski definition) is 0. The van der Waals surface area contributed by atoms with Gasteiger partial charge < -0.3 is 19.1 Å². The van der Waals surface area contributed by atoms with Crippen molar-refractivity contribution >= 4 is 15.9 Å². The maximum atomic E-state index is 12.4. The van der Waals surface area contributed by atoms with E-state index in [1.54, 1.807) is 35.4 Å². The predicted molar refractivity (Wildman–Crippen MR) is 118 cm³/mol. The molecule has 0 saturated carbocycles. The van der Waals surface area contributed by atoms with Crippen LogP contribution in [-0.2, 0) is 19.3 Å². The van der Waals surface area contributed by atoms with Crippen LogP contribution < -0.4 is 4.74 Å². The van der Waals surface area contributed by atoms with Gasteiger partial charge in [0, 0.05) is 24.3 Å². The summed E-state index contributed by atoms with van der Waals surface area (Å²) in [5.74, 6) is 0.683. The third kappa shape index (κ3) is 5.05. The van der Waals surface area contributed by atoms with Crippen LogP contribution in [-0.4, -0.2) is 68.2 Å². The molecule has 1 aromatic carbocycles. The van der Waals surface area contributed by atoms with Crippen molar-refractivity contribution in [3.8, 4) is 17.0 Å². The zero-order valence-corrected chi connectivity index (χ0v) is 19.5. The fourth-order valence-corrected chi connectivity index (χ4v) is 4.56. The molecule has 2 fully saturated rings. The van der Waals surface area contributed by atoms with Crippen LogP contribution in [0.4, 0.5) is 4.79 Å². The number of sulfone groups is 1. The summed E-state index contributed by atoms with van der Waals surface area (Å²) in [4.78, 5) is 18.8. The number of ether oxygens (including phenoxy) is 3. The first-order valence-corrected chi connectivity index (χ1v) is 12.4. The Morgan fingerprint density at radius 2 is 1.84 bits per heavy atom. The minimum absolute atomic E-state index is 0.0597. The van der Waals surface area contributed by atoms with E-state index in [9.17, 15) is 13.2 Å². The number of fused-ring (bicyclic) bond motifs is 2. The number of pyridine rings is 1. The van der Waals surface area contributed by atoms with Crippen molar-refractivity contribution in [2.75, 3.05) is 26.0 Å². The fraction of sp³-hybridized carbons (Fsp3) is 0.478. The third-order valence-electron chi connectivity index (χ3n) is 5.45. The van der Waals surface area contributed by atoms with Gasteiger partial charge in [-0.3, -0.25) is 4.98 Å². The molecule has 0 aliphatic carbocycles. The van der Waals surface area contributed by atoms with Crippen LogP contribution in [0.2, 0.25) is 0 Å². The number of likely N-dealkylation sites (tertiary alicyclic amines) is 1. The second-order valence-electron chi connectivity index (χ2n) is 9.28. The first-order chi connectivity index (χ1) is 15.0. The molecule has 0 N–H and O–H groups in total. The molecule has 2 saturated heterocycles. The molecule has 3 atom stereocenters. The molecule has 9 heteroatoms. The lowest BCUT2D eigenvalue weighted by atomic mass is 9.96. The first kappa shape index (κ1) is 22.5. The zero-order valence-electron chi connectivity index (χ0n) is 18.6. The molecular weight excluding hydrogens is 432 g/mol. The van der Waals surface area contributed by atoms with Crippen LogP contribution in [0.15, 0.2) is 47.5 Å². The monoisotopic (exact) mass is 460 g/mol. The van der Waals surface area contributed by atoms with E-state index in [2.05, 4.69) is 4.98 Å². The average Bonchev–Trinajstić information content (AvgIpc) is 2.94. The SMILES string of the molecule is CC(C)(C)OC(=O)N1CC2COC(C1)C2Oc1ccc(-c2ccc(S(C)(=O)=O)cc2)nc1. The highest BCUT2D eigenvalue weighted by molar-refractivity contribution is 7.90. The summed E-state index contributed by atoms with van der Waals surface area (Å²) in [5.41, 5.74) is 0.998. The highest BCUT2D eigenvalue weighted by atomic mass is 32.2. The Morgan fingerprint density at radius 3 is 2.41 bits per heavy atom. The van der Waals surface area contributed by atoms with Gasteiger partial charge in [0.15, 0.2) is 9.84 Å². The van der Waals surface area contributed by atoms with Gasteiger partial charge in [0.05, 0.1) is 29.9 Å². The molecule has 1 amide bonds. The van der Waals surface area contributed by atoms with Gasteiger partial charge in [-0.15, -0.1) is 0 Å². The number of carbonyl (C=O) groups is 1. The smallest absolute Gasteiger partial charge is 0.410 e. The van der Waals surface area contributed by atoms with Crippen molar-refractivity contribution in [2.45, 2.75) is 43.5 Å². The molecule has 0 radical (unpaired) electrons. The third-order valence-corrected chi connectivity index (χ3v) is 6.58. The summed E-state index contributed by atoms with van der Waals surface area (Å²) in [6, 6.07) is 10.3. The number of rotatable bonds is 4. The summed E-state index contributed by atoms with van der Waals surface area (Å²) < 4.78 is 40.8. The van der Waals surface area contributed by atoms with Crippen molar-refractivity contribution < 1.29 is 27.4 Å². The van der Waals surface area contributed by atoms with Gasteiger partial charge in [0.25, 0.3) is 0 Å². The van der Waals surface area contributed by atoms with Crippen LogP contribution in [0.5, 0.6) is 5.75 Å². The summed E-state index contributed by atoms with van der Waals surface area (Å²) in [6.07, 6.45) is 2.13. The molecule has 1 aromatic heterocycles. The maximum absolute atomic E-state index is 12.4. The van der Waals surface area contributed by atoms with Crippen molar-refractivity contribution in [2.24, 2.45) is 5.92 Å². The molecule has 4 rings (SSSR count). The van der Waals surface area contributed by atoms with Gasteiger partial charge in [-0.25, -0.2) is 13.2 Å². The highest BCUT2D eigenvalue weighted by Gasteiger charge is 2.47. The van der Waals surface area contributed by atoms with Crippen LogP contribution in [0.3, 0.4) is 0 Å². The maximum Gasteiger partial charge on any atom is 0.410 e. The van der Waals surface area contributed by atoms with Crippen molar-refractivity contribution in [3.63, 3.8) is 0 Å². The molecule has 0 spiro atoms. The summed E-state index contributed by atoms with van der Waals surface area (Å²) in [6.45, 7) is 7.03. The fourth-order valence-electron chi connectivity index (χ4n) is 3.93. The number of amides is 1. The van der Waals surface area contributed by atoms with Gasteiger partial charge in [-0.05, 0) is 45.0 Å². The minimum Gasteiger partial charge on any atom is -0.486 e. The molecule has 2 aliphatic heterocycles. The van der Waals surface area contributed by atoms with E-state index in [-0.39, 0.29) is 29.1 Å². The molecule has 3 heterocycles. The lowest BCUT2D eigenvalue weighted by molar-refractivity contribution is -0.0176. The van der Waals surface area contributed by atoms with Gasteiger partial charge in [0.1, 0.15) is 23.6 Å². The van der Waals surface area contributed by atoms with E-state index >= 15 is 0 Å². The van der Waals surface area contributed by atoms with Crippen molar-refractivity contribution in [1.29, 1.82) is 0 Å². The Bertz CT molecular complexity index is 1060. The van der Waals surface area contributed by atoms with Crippen LogP contribution >= 0.6 is 0 Å². The summed E-state index contributed by atoms with van der Waals surface area (Å²) in [7, 11) is -3.23. The van der Waals surface area contributed by atoms with Gasteiger partial charge >= 0.3 is 6.09 Å². The van der Waals surface area contributed by atoms with Gasteiger partial charge in [0.2, 0.25) is 0 Å². The number of aromatic nitrogens is 1. The molecule has 32 heavy (non-hydrogen) atoms. The lowest BCUT2D eigenvalue weighted by Crippen LogP contribution is -2.53. The van der Waals surface area contributed by atoms with Crippen LogP contribution in [0, 0.1) is 5.92 Å². The van der Waals surface area contributed by atoms with Gasteiger partial charge in [-0.2, -0.15) is 0 Å². The Kier molecular flexibility index (Phi) is 5.89. The van der Waals surface area contributed by atoms with E-state index in [1.165, 1.54) is 6.26 Å². The molecule has 172 valence electrons.